The summed E-state index contributed by atoms with van der Waals surface area (Å²) in [6.45, 7) is 1.00. The zero-order chi connectivity index (χ0) is 18.7. The topological polar surface area (TPSA) is 48.0 Å². The van der Waals surface area contributed by atoms with Gasteiger partial charge in [0.15, 0.2) is 11.5 Å². The molecule has 3 aromatic rings. The van der Waals surface area contributed by atoms with Crippen LogP contribution in [0, 0.1) is 0 Å². The molecule has 0 saturated heterocycles. The standard InChI is InChI=1S/C23H17NO4/c25-22-23(13-26-19-11-21-20(10-17(19)23)27-14-28-21)16-8-4-5-9-18(16)24(22)12-15-6-2-1-3-7-15/h1-11H,12-14H2. The monoisotopic (exact) mass is 371 g/mol. The van der Waals surface area contributed by atoms with Gasteiger partial charge in [-0.25, -0.2) is 0 Å². The van der Waals surface area contributed by atoms with E-state index in [1.165, 1.54) is 0 Å². The highest BCUT2D eigenvalue weighted by molar-refractivity contribution is 6.11. The average molecular weight is 371 g/mol. The van der Waals surface area contributed by atoms with Gasteiger partial charge in [0.05, 0.1) is 6.54 Å². The Hall–Kier alpha value is -3.47. The van der Waals surface area contributed by atoms with Crippen molar-refractivity contribution in [1.82, 2.24) is 0 Å². The molecule has 0 aliphatic carbocycles. The zero-order valence-electron chi connectivity index (χ0n) is 15.1. The third-order valence-corrected chi connectivity index (χ3v) is 5.83. The van der Waals surface area contributed by atoms with Crippen LogP contribution in [-0.2, 0) is 16.8 Å². The summed E-state index contributed by atoms with van der Waals surface area (Å²) in [5.41, 5.74) is 3.01. The number of ether oxygens (including phenoxy) is 3. The number of benzene rings is 3. The van der Waals surface area contributed by atoms with Crippen molar-refractivity contribution in [2.45, 2.75) is 12.0 Å². The van der Waals surface area contributed by atoms with Gasteiger partial charge in [-0.2, -0.15) is 0 Å². The van der Waals surface area contributed by atoms with Crippen molar-refractivity contribution in [2.75, 3.05) is 18.3 Å². The molecule has 28 heavy (non-hydrogen) atoms. The molecular formula is C23H17NO4. The van der Waals surface area contributed by atoms with Crippen molar-refractivity contribution < 1.29 is 19.0 Å². The zero-order valence-corrected chi connectivity index (χ0v) is 15.1. The minimum atomic E-state index is -0.846. The van der Waals surface area contributed by atoms with Crippen molar-refractivity contribution in [3.63, 3.8) is 0 Å². The Kier molecular flexibility index (Phi) is 3.07. The molecule has 6 rings (SSSR count). The quantitative estimate of drug-likeness (QED) is 0.690. The Labute approximate surface area is 162 Å². The summed E-state index contributed by atoms with van der Waals surface area (Å²) >= 11 is 0. The molecule has 0 aromatic heterocycles. The number of anilines is 1. The minimum Gasteiger partial charge on any atom is -0.491 e. The van der Waals surface area contributed by atoms with Gasteiger partial charge in [0, 0.05) is 17.3 Å². The molecule has 1 atom stereocenters. The highest BCUT2D eigenvalue weighted by atomic mass is 16.7. The fourth-order valence-corrected chi connectivity index (χ4v) is 4.49. The molecule has 0 radical (unpaired) electrons. The van der Waals surface area contributed by atoms with Crippen LogP contribution < -0.4 is 19.1 Å². The summed E-state index contributed by atoms with van der Waals surface area (Å²) in [6, 6.07) is 21.8. The van der Waals surface area contributed by atoms with Crippen LogP contribution in [0.2, 0.25) is 0 Å². The lowest BCUT2D eigenvalue weighted by Crippen LogP contribution is -2.42. The first kappa shape index (κ1) is 15.6. The van der Waals surface area contributed by atoms with Gasteiger partial charge in [-0.1, -0.05) is 48.5 Å². The van der Waals surface area contributed by atoms with Gasteiger partial charge in [-0.3, -0.25) is 4.79 Å². The lowest BCUT2D eigenvalue weighted by atomic mass is 9.77. The molecule has 1 spiro atoms. The third-order valence-electron chi connectivity index (χ3n) is 5.83. The van der Waals surface area contributed by atoms with E-state index in [0.29, 0.717) is 23.8 Å². The van der Waals surface area contributed by atoms with Crippen LogP contribution in [0.3, 0.4) is 0 Å². The van der Waals surface area contributed by atoms with E-state index in [9.17, 15) is 4.79 Å². The maximum atomic E-state index is 13.8. The molecule has 3 aliphatic rings. The van der Waals surface area contributed by atoms with Crippen LogP contribution in [0.5, 0.6) is 17.2 Å². The lowest BCUT2D eigenvalue weighted by molar-refractivity contribution is -0.122. The van der Waals surface area contributed by atoms with E-state index in [-0.39, 0.29) is 19.3 Å². The number of fused-ring (bicyclic) bond motifs is 5. The van der Waals surface area contributed by atoms with Crippen LogP contribution in [0.4, 0.5) is 5.69 Å². The Bertz CT molecular complexity index is 1110. The van der Waals surface area contributed by atoms with Gasteiger partial charge in [0.1, 0.15) is 17.8 Å². The van der Waals surface area contributed by atoms with Gasteiger partial charge in [0.25, 0.3) is 0 Å². The molecule has 3 aliphatic heterocycles. The second-order valence-electron chi connectivity index (χ2n) is 7.29. The number of nitrogens with zero attached hydrogens (tertiary/aromatic N) is 1. The number of carbonyl (C=O) groups is 1. The summed E-state index contributed by atoms with van der Waals surface area (Å²) in [7, 11) is 0. The van der Waals surface area contributed by atoms with Gasteiger partial charge in [0.2, 0.25) is 12.7 Å². The first-order valence-corrected chi connectivity index (χ1v) is 9.30. The predicted molar refractivity (Wildman–Crippen MR) is 103 cm³/mol. The van der Waals surface area contributed by atoms with Crippen LogP contribution in [-0.4, -0.2) is 19.3 Å². The van der Waals surface area contributed by atoms with Crippen molar-refractivity contribution >= 4 is 11.6 Å². The Morgan fingerprint density at radius 1 is 0.821 bits per heavy atom. The summed E-state index contributed by atoms with van der Waals surface area (Å²) in [4.78, 5) is 15.7. The normalized spacial score (nSPS) is 21.0. The SMILES string of the molecule is O=C1N(Cc2ccccc2)c2ccccc2C12COc1cc3c(cc12)OCO3. The molecule has 138 valence electrons. The first-order valence-electron chi connectivity index (χ1n) is 9.30. The number of hydrogen-bond donors (Lipinski definition) is 0. The van der Waals surface area contributed by atoms with Gasteiger partial charge in [-0.15, -0.1) is 0 Å². The van der Waals surface area contributed by atoms with Gasteiger partial charge >= 0.3 is 0 Å². The molecule has 0 saturated carbocycles. The van der Waals surface area contributed by atoms with Crippen LogP contribution in [0.25, 0.3) is 0 Å². The molecule has 0 N–H and O–H groups in total. The molecule has 1 unspecified atom stereocenters. The van der Waals surface area contributed by atoms with E-state index in [0.717, 1.165) is 22.4 Å². The van der Waals surface area contributed by atoms with E-state index in [1.807, 2.05) is 71.6 Å². The van der Waals surface area contributed by atoms with Crippen molar-refractivity contribution in [3.05, 3.63) is 83.4 Å². The lowest BCUT2D eigenvalue weighted by Gasteiger charge is -2.23. The average Bonchev–Trinajstić information content (AvgIpc) is 3.40. The number of hydrogen-bond acceptors (Lipinski definition) is 4. The van der Waals surface area contributed by atoms with Crippen molar-refractivity contribution in [3.8, 4) is 17.2 Å². The van der Waals surface area contributed by atoms with Crippen molar-refractivity contribution in [1.29, 1.82) is 0 Å². The summed E-state index contributed by atoms with van der Waals surface area (Å²) < 4.78 is 17.0. The molecule has 3 heterocycles. The second-order valence-corrected chi connectivity index (χ2v) is 7.29. The Morgan fingerprint density at radius 2 is 1.57 bits per heavy atom. The molecule has 1 amide bonds. The van der Waals surface area contributed by atoms with E-state index in [4.69, 9.17) is 14.2 Å². The fraction of sp³-hybridized carbons (Fsp3) is 0.174. The van der Waals surface area contributed by atoms with E-state index in [1.54, 1.807) is 0 Å². The Morgan fingerprint density at radius 3 is 2.43 bits per heavy atom. The van der Waals surface area contributed by atoms with Crippen LogP contribution in [0.1, 0.15) is 16.7 Å². The largest absolute Gasteiger partial charge is 0.491 e. The smallest absolute Gasteiger partial charge is 0.246 e. The molecule has 0 bridgehead atoms. The number of carbonyl (C=O) groups excluding carboxylic acids is 1. The molecular weight excluding hydrogens is 354 g/mol. The number of rotatable bonds is 2. The van der Waals surface area contributed by atoms with E-state index in [2.05, 4.69) is 0 Å². The minimum absolute atomic E-state index is 0.0372. The summed E-state index contributed by atoms with van der Waals surface area (Å²) in [5.74, 6) is 2.05. The first-order chi connectivity index (χ1) is 13.8. The predicted octanol–water partition coefficient (Wildman–Crippen LogP) is 3.64. The van der Waals surface area contributed by atoms with Crippen LogP contribution >= 0.6 is 0 Å². The van der Waals surface area contributed by atoms with Crippen molar-refractivity contribution in [2.24, 2.45) is 0 Å². The fourth-order valence-electron chi connectivity index (χ4n) is 4.49. The number of amides is 1. The van der Waals surface area contributed by atoms with E-state index >= 15 is 0 Å². The second kappa shape index (κ2) is 5.52. The molecule has 3 aromatic carbocycles. The maximum absolute atomic E-state index is 13.8. The molecule has 5 heteroatoms. The van der Waals surface area contributed by atoms with Gasteiger partial charge in [-0.05, 0) is 23.3 Å². The van der Waals surface area contributed by atoms with Crippen LogP contribution in [0.15, 0.2) is 66.7 Å². The molecule has 5 nitrogen and oxygen atoms in total. The van der Waals surface area contributed by atoms with E-state index < -0.39 is 5.41 Å². The van der Waals surface area contributed by atoms with Gasteiger partial charge < -0.3 is 19.1 Å². The summed E-state index contributed by atoms with van der Waals surface area (Å²) in [5, 5.41) is 0. The number of para-hydroxylation sites is 1. The highest BCUT2D eigenvalue weighted by Gasteiger charge is 2.57. The Balaban J connectivity index is 1.52. The molecule has 0 fully saturated rings. The summed E-state index contributed by atoms with van der Waals surface area (Å²) in [6.07, 6.45) is 0. The maximum Gasteiger partial charge on any atom is 0.246 e. The third kappa shape index (κ3) is 1.93. The highest BCUT2D eigenvalue weighted by Crippen LogP contribution is 2.55.